The van der Waals surface area contributed by atoms with Crippen molar-refractivity contribution in [3.63, 3.8) is 0 Å². The van der Waals surface area contributed by atoms with Crippen LogP contribution in [0.2, 0.25) is 0 Å². The third-order valence-corrected chi connectivity index (χ3v) is 3.33. The monoisotopic (exact) mass is 337 g/mol. The lowest BCUT2D eigenvalue weighted by Crippen LogP contribution is -2.59. The van der Waals surface area contributed by atoms with Gasteiger partial charge in [-0.25, -0.2) is 4.79 Å². The predicted molar refractivity (Wildman–Crippen MR) is 79.8 cm³/mol. The molecule has 9 nitrogen and oxygen atoms in total. The van der Waals surface area contributed by atoms with Crippen molar-refractivity contribution in [1.29, 1.82) is 0 Å². The number of carboxylic acid groups (broad SMARTS) is 1. The van der Waals surface area contributed by atoms with E-state index in [0.29, 0.717) is 19.1 Å². The number of carbonyl (C=O) groups excluding carboxylic acids is 1. The number of nitrogens with one attached hydrogen (secondary N) is 1. The Kier molecular flexibility index (Phi) is 10.9. The van der Waals surface area contributed by atoms with Crippen molar-refractivity contribution in [2.24, 2.45) is 0 Å². The van der Waals surface area contributed by atoms with Gasteiger partial charge in [-0.1, -0.05) is 13.3 Å². The number of hydrogen-bond acceptors (Lipinski definition) is 8. The minimum atomic E-state index is -1.65. The first-order valence-corrected chi connectivity index (χ1v) is 7.48. The van der Waals surface area contributed by atoms with Crippen LogP contribution in [0.15, 0.2) is 0 Å². The Balaban J connectivity index is 5.37. The van der Waals surface area contributed by atoms with E-state index in [9.17, 15) is 24.9 Å². The molecule has 0 saturated heterocycles. The van der Waals surface area contributed by atoms with E-state index in [0.717, 1.165) is 0 Å². The zero-order chi connectivity index (χ0) is 18.0. The smallest absolute Gasteiger partial charge is 0.329 e. The average molecular weight is 337 g/mol. The minimum absolute atomic E-state index is 0.304. The zero-order valence-electron chi connectivity index (χ0n) is 13.3. The Morgan fingerprint density at radius 2 is 1.87 bits per heavy atom. The summed E-state index contributed by atoms with van der Waals surface area (Å²) < 4.78 is 5.10. The van der Waals surface area contributed by atoms with Gasteiger partial charge in [0.2, 0.25) is 0 Å². The lowest BCUT2D eigenvalue weighted by Gasteiger charge is -2.36. The van der Waals surface area contributed by atoms with Crippen LogP contribution in [-0.4, -0.2) is 87.5 Å². The molecule has 0 aromatic carbocycles. The molecule has 23 heavy (non-hydrogen) atoms. The Hall–Kier alpha value is -1.10. The second kappa shape index (κ2) is 11.4. The van der Waals surface area contributed by atoms with Gasteiger partial charge in [0.05, 0.1) is 24.8 Å². The van der Waals surface area contributed by atoms with E-state index < -0.39 is 55.7 Å². The summed E-state index contributed by atoms with van der Waals surface area (Å²) in [6.45, 7) is 1.79. The van der Waals surface area contributed by atoms with Crippen LogP contribution in [0.4, 0.5) is 0 Å². The summed E-state index contributed by atoms with van der Waals surface area (Å²) in [5.74, 6) is -1.30. The molecule has 9 heteroatoms. The first kappa shape index (κ1) is 21.9. The number of aldehydes is 1. The van der Waals surface area contributed by atoms with Crippen molar-refractivity contribution < 1.29 is 39.9 Å². The summed E-state index contributed by atoms with van der Waals surface area (Å²) in [5, 5.41) is 50.4. The first-order valence-electron chi connectivity index (χ1n) is 7.48. The molecule has 0 bridgehead atoms. The molecule has 6 N–H and O–H groups in total. The highest BCUT2D eigenvalue weighted by atomic mass is 16.5. The van der Waals surface area contributed by atoms with Crippen LogP contribution in [0.3, 0.4) is 0 Å². The van der Waals surface area contributed by atoms with Crippen LogP contribution in [0.1, 0.15) is 26.7 Å². The molecule has 0 aliphatic carbocycles. The SMILES string of the molecule is CCCC(O)C(NC(C)C=O)C(OCC(=O)O)C(O)C(O)CO. The molecule has 6 atom stereocenters. The van der Waals surface area contributed by atoms with E-state index in [2.05, 4.69) is 5.32 Å². The van der Waals surface area contributed by atoms with Gasteiger partial charge < -0.3 is 40.4 Å². The van der Waals surface area contributed by atoms with Gasteiger partial charge in [0.1, 0.15) is 31.2 Å². The predicted octanol–water partition coefficient (Wildman–Crippen LogP) is -2.12. The normalized spacial score (nSPS) is 19.4. The fraction of sp³-hybridized carbons (Fsp3) is 0.857. The lowest BCUT2D eigenvalue weighted by molar-refractivity contribution is -0.158. The van der Waals surface area contributed by atoms with Crippen LogP contribution in [0.5, 0.6) is 0 Å². The maximum atomic E-state index is 10.8. The van der Waals surface area contributed by atoms with Crippen molar-refractivity contribution >= 4 is 12.3 Å². The minimum Gasteiger partial charge on any atom is -0.480 e. The number of aliphatic hydroxyl groups excluding tert-OH is 4. The van der Waals surface area contributed by atoms with Gasteiger partial charge in [0.25, 0.3) is 0 Å². The maximum Gasteiger partial charge on any atom is 0.329 e. The summed E-state index contributed by atoms with van der Waals surface area (Å²) in [6.07, 6.45) is -4.15. The van der Waals surface area contributed by atoms with E-state index in [4.69, 9.17) is 14.9 Å². The van der Waals surface area contributed by atoms with Gasteiger partial charge in [-0.05, 0) is 13.3 Å². The topological polar surface area (TPSA) is 157 Å². The molecule has 0 heterocycles. The lowest BCUT2D eigenvalue weighted by atomic mass is 9.93. The second-order valence-electron chi connectivity index (χ2n) is 5.38. The molecule has 0 aromatic rings. The van der Waals surface area contributed by atoms with Crippen LogP contribution < -0.4 is 5.32 Å². The molecule has 136 valence electrons. The number of aliphatic carboxylic acids is 1. The Morgan fingerprint density at radius 1 is 1.26 bits per heavy atom. The van der Waals surface area contributed by atoms with Gasteiger partial charge in [-0.2, -0.15) is 0 Å². The maximum absolute atomic E-state index is 10.8. The van der Waals surface area contributed by atoms with E-state index in [1.54, 1.807) is 0 Å². The Labute approximate surface area is 134 Å². The molecule has 0 fully saturated rings. The molecule has 0 spiro atoms. The summed E-state index contributed by atoms with van der Waals surface area (Å²) in [4.78, 5) is 21.5. The fourth-order valence-electron chi connectivity index (χ4n) is 2.15. The average Bonchev–Trinajstić information content (AvgIpc) is 2.52. The summed E-state index contributed by atoms with van der Waals surface area (Å²) in [7, 11) is 0. The van der Waals surface area contributed by atoms with Crippen LogP contribution in [0, 0.1) is 0 Å². The van der Waals surface area contributed by atoms with Crippen molar-refractivity contribution in [2.45, 2.75) is 63.2 Å². The van der Waals surface area contributed by atoms with Gasteiger partial charge in [0, 0.05) is 0 Å². The second-order valence-corrected chi connectivity index (χ2v) is 5.38. The molecule has 0 saturated carbocycles. The summed E-state index contributed by atoms with van der Waals surface area (Å²) >= 11 is 0. The Morgan fingerprint density at radius 3 is 2.30 bits per heavy atom. The number of aliphatic hydroxyl groups is 4. The highest BCUT2D eigenvalue weighted by Crippen LogP contribution is 2.16. The van der Waals surface area contributed by atoms with Gasteiger partial charge >= 0.3 is 5.97 Å². The van der Waals surface area contributed by atoms with Gasteiger partial charge in [-0.3, -0.25) is 0 Å². The molecule has 0 aliphatic heterocycles. The van der Waals surface area contributed by atoms with E-state index >= 15 is 0 Å². The van der Waals surface area contributed by atoms with Crippen LogP contribution in [-0.2, 0) is 14.3 Å². The van der Waals surface area contributed by atoms with Crippen molar-refractivity contribution in [2.75, 3.05) is 13.2 Å². The number of hydrogen-bond donors (Lipinski definition) is 6. The van der Waals surface area contributed by atoms with Crippen molar-refractivity contribution in [3.05, 3.63) is 0 Å². The quantitative estimate of drug-likeness (QED) is 0.207. The number of rotatable bonds is 13. The van der Waals surface area contributed by atoms with Gasteiger partial charge in [0.15, 0.2) is 0 Å². The Bertz CT molecular complexity index is 354. The molecule has 6 unspecified atom stereocenters. The van der Waals surface area contributed by atoms with E-state index in [1.807, 2.05) is 6.92 Å². The van der Waals surface area contributed by atoms with Crippen LogP contribution >= 0.6 is 0 Å². The van der Waals surface area contributed by atoms with E-state index in [1.165, 1.54) is 6.92 Å². The molecule has 0 rings (SSSR count). The number of carbonyl (C=O) groups is 2. The summed E-state index contributed by atoms with van der Waals surface area (Å²) in [6, 6.07) is -1.70. The standard InChI is InChI=1S/C14H27NO8/c1-3-4-9(18)12(15-8(2)5-16)14(23-7-11(20)21)13(22)10(19)6-17/h5,8-10,12-15,17-19,22H,3-4,6-7H2,1-2H3,(H,20,21). The number of carboxylic acids is 1. The van der Waals surface area contributed by atoms with Crippen molar-refractivity contribution in [1.82, 2.24) is 5.32 Å². The van der Waals surface area contributed by atoms with Gasteiger partial charge in [-0.15, -0.1) is 0 Å². The first-order chi connectivity index (χ1) is 10.8. The molecule has 0 amide bonds. The summed E-state index contributed by atoms with van der Waals surface area (Å²) in [5.41, 5.74) is 0. The molecular weight excluding hydrogens is 310 g/mol. The van der Waals surface area contributed by atoms with Crippen LogP contribution in [0.25, 0.3) is 0 Å². The third kappa shape index (κ3) is 7.82. The highest BCUT2D eigenvalue weighted by Gasteiger charge is 2.38. The molecule has 0 aliphatic rings. The third-order valence-electron chi connectivity index (χ3n) is 3.33. The molecule has 0 radical (unpaired) electrons. The van der Waals surface area contributed by atoms with Crippen molar-refractivity contribution in [3.8, 4) is 0 Å². The molecule has 0 aromatic heterocycles. The van der Waals surface area contributed by atoms with E-state index in [-0.39, 0.29) is 0 Å². The largest absolute Gasteiger partial charge is 0.480 e. The fourth-order valence-corrected chi connectivity index (χ4v) is 2.15. The molecular formula is C14H27NO8. The highest BCUT2D eigenvalue weighted by molar-refractivity contribution is 5.68. The number of ether oxygens (including phenoxy) is 1. The zero-order valence-corrected chi connectivity index (χ0v) is 13.3.